The molecule has 0 atom stereocenters. The van der Waals surface area contributed by atoms with Gasteiger partial charge in [-0.15, -0.1) is 0 Å². The summed E-state index contributed by atoms with van der Waals surface area (Å²) in [5.74, 6) is 0.741. The van der Waals surface area contributed by atoms with Crippen molar-refractivity contribution in [1.82, 2.24) is 9.97 Å². The number of hydrogen-bond acceptors (Lipinski definition) is 4. The molecule has 2 N–H and O–H groups in total. The van der Waals surface area contributed by atoms with Gasteiger partial charge in [-0.1, -0.05) is 24.3 Å². The molecule has 3 rings (SSSR count). The summed E-state index contributed by atoms with van der Waals surface area (Å²) in [6.45, 7) is 0.00902. The number of imidazole rings is 1. The molecule has 0 unspecified atom stereocenters. The van der Waals surface area contributed by atoms with Crippen LogP contribution in [-0.2, 0) is 4.79 Å². The lowest BCUT2D eigenvalue weighted by molar-refractivity contribution is -0.111. The lowest BCUT2D eigenvalue weighted by atomic mass is 10.2. The van der Waals surface area contributed by atoms with Gasteiger partial charge in [0.1, 0.15) is 11.8 Å². The van der Waals surface area contributed by atoms with E-state index in [2.05, 4.69) is 15.3 Å². The normalized spacial score (nSPS) is 10.6. The molecule has 0 saturated heterocycles. The Morgan fingerprint density at radius 2 is 2.04 bits per heavy atom. The molecule has 6 nitrogen and oxygen atoms in total. The molecule has 1 amide bonds. The maximum absolute atomic E-state index is 12.0. The van der Waals surface area contributed by atoms with Crippen LogP contribution in [0.5, 0.6) is 5.75 Å². The summed E-state index contributed by atoms with van der Waals surface area (Å²) in [5.41, 5.74) is 2.51. The molecule has 0 radical (unpaired) electrons. The summed E-state index contributed by atoms with van der Waals surface area (Å²) < 4.78 is 5.17. The van der Waals surface area contributed by atoms with Crippen LogP contribution in [0.4, 0.5) is 5.95 Å². The maximum Gasteiger partial charge on any atom is 0.250 e. The van der Waals surface area contributed by atoms with Gasteiger partial charge < -0.3 is 9.72 Å². The monoisotopic (exact) mass is 318 g/mol. The smallest absolute Gasteiger partial charge is 0.250 e. The molecule has 2 aromatic carbocycles. The molecule has 6 heteroatoms. The van der Waals surface area contributed by atoms with Crippen LogP contribution < -0.4 is 10.1 Å². The first-order chi connectivity index (χ1) is 11.7. The number of nitrogens with zero attached hydrogens (tertiary/aromatic N) is 2. The van der Waals surface area contributed by atoms with Gasteiger partial charge in [0.15, 0.2) is 6.61 Å². The standard InChI is InChI=1S/C18H14N4O2/c19-11-12-24-14-8-5-13(6-9-14)7-10-17(23)22-18-20-15-3-1-2-4-16(15)21-18/h1-10H,12H2,(H2,20,21,22,23). The Balaban J connectivity index is 1.61. The first kappa shape index (κ1) is 15.3. The van der Waals surface area contributed by atoms with E-state index < -0.39 is 0 Å². The van der Waals surface area contributed by atoms with Crippen molar-refractivity contribution in [2.24, 2.45) is 0 Å². The van der Waals surface area contributed by atoms with Crippen LogP contribution >= 0.6 is 0 Å². The first-order valence-electron chi connectivity index (χ1n) is 7.28. The van der Waals surface area contributed by atoms with Crippen molar-refractivity contribution in [2.45, 2.75) is 0 Å². The summed E-state index contributed by atoms with van der Waals surface area (Å²) in [6, 6.07) is 16.5. The van der Waals surface area contributed by atoms with Gasteiger partial charge in [-0.05, 0) is 35.9 Å². The number of aromatic amines is 1. The Labute approximate surface area is 138 Å². The summed E-state index contributed by atoms with van der Waals surface area (Å²) in [6.07, 6.45) is 3.12. The number of aromatic nitrogens is 2. The summed E-state index contributed by atoms with van der Waals surface area (Å²) in [4.78, 5) is 19.3. The zero-order valence-electron chi connectivity index (χ0n) is 12.7. The molecule has 118 valence electrons. The van der Waals surface area contributed by atoms with Crippen LogP contribution in [0, 0.1) is 11.3 Å². The molecule has 0 aliphatic rings. The van der Waals surface area contributed by atoms with Gasteiger partial charge in [0.25, 0.3) is 5.91 Å². The van der Waals surface area contributed by atoms with Gasteiger partial charge in [0, 0.05) is 6.08 Å². The highest BCUT2D eigenvalue weighted by molar-refractivity contribution is 6.01. The number of fused-ring (bicyclic) bond motifs is 1. The average molecular weight is 318 g/mol. The molecular weight excluding hydrogens is 304 g/mol. The number of carbonyl (C=O) groups excluding carboxylic acids is 1. The van der Waals surface area contributed by atoms with Gasteiger partial charge in [-0.2, -0.15) is 5.26 Å². The molecule has 0 aliphatic heterocycles. The van der Waals surface area contributed by atoms with Crippen molar-refractivity contribution in [1.29, 1.82) is 5.26 Å². The lowest BCUT2D eigenvalue weighted by Gasteiger charge is -2.01. The fourth-order valence-electron chi connectivity index (χ4n) is 2.13. The molecule has 0 fully saturated rings. The van der Waals surface area contributed by atoms with Crippen molar-refractivity contribution in [2.75, 3.05) is 11.9 Å². The number of benzene rings is 2. The van der Waals surface area contributed by atoms with E-state index in [4.69, 9.17) is 10.00 Å². The van der Waals surface area contributed by atoms with E-state index in [1.165, 1.54) is 6.08 Å². The minimum Gasteiger partial charge on any atom is -0.479 e. The van der Waals surface area contributed by atoms with E-state index in [0.29, 0.717) is 11.7 Å². The second-order valence-electron chi connectivity index (χ2n) is 4.94. The summed E-state index contributed by atoms with van der Waals surface area (Å²) >= 11 is 0. The van der Waals surface area contributed by atoms with Crippen LogP contribution in [-0.4, -0.2) is 22.5 Å². The molecule has 3 aromatic rings. The number of nitrogens with one attached hydrogen (secondary N) is 2. The molecule has 1 heterocycles. The second-order valence-corrected chi connectivity index (χ2v) is 4.94. The predicted molar refractivity (Wildman–Crippen MR) is 91.3 cm³/mol. The zero-order valence-corrected chi connectivity index (χ0v) is 12.7. The van der Waals surface area contributed by atoms with Crippen LogP contribution in [0.25, 0.3) is 17.1 Å². The zero-order chi connectivity index (χ0) is 16.8. The Bertz CT molecular complexity index is 887. The Morgan fingerprint density at radius 1 is 1.25 bits per heavy atom. The number of para-hydroxylation sites is 2. The van der Waals surface area contributed by atoms with E-state index in [0.717, 1.165) is 16.6 Å². The van der Waals surface area contributed by atoms with E-state index in [1.54, 1.807) is 30.3 Å². The highest BCUT2D eigenvalue weighted by atomic mass is 16.5. The van der Waals surface area contributed by atoms with Gasteiger partial charge in [-0.25, -0.2) is 4.98 Å². The SMILES string of the molecule is N#CCOc1ccc(C=CC(=O)Nc2nc3ccccc3[nH]2)cc1. The number of rotatable bonds is 5. The first-order valence-corrected chi connectivity index (χ1v) is 7.28. The van der Waals surface area contributed by atoms with Crippen molar-refractivity contribution in [3.63, 3.8) is 0 Å². The largest absolute Gasteiger partial charge is 0.479 e. The van der Waals surface area contributed by atoms with Crippen molar-refractivity contribution >= 4 is 29.0 Å². The summed E-state index contributed by atoms with van der Waals surface area (Å²) in [5, 5.41) is 11.1. The van der Waals surface area contributed by atoms with Gasteiger partial charge in [-0.3, -0.25) is 10.1 Å². The lowest BCUT2D eigenvalue weighted by Crippen LogP contribution is -2.08. The highest BCUT2D eigenvalue weighted by Gasteiger charge is 2.04. The Kier molecular flexibility index (Phi) is 4.54. The molecule has 0 aliphatic carbocycles. The van der Waals surface area contributed by atoms with E-state index in [9.17, 15) is 4.79 Å². The molecule has 0 bridgehead atoms. The van der Waals surface area contributed by atoms with E-state index in [-0.39, 0.29) is 12.5 Å². The van der Waals surface area contributed by atoms with Gasteiger partial charge in [0.2, 0.25) is 5.95 Å². The molecule has 24 heavy (non-hydrogen) atoms. The van der Waals surface area contributed by atoms with Crippen molar-refractivity contribution in [3.05, 3.63) is 60.2 Å². The molecule has 0 spiro atoms. The van der Waals surface area contributed by atoms with Crippen LogP contribution in [0.15, 0.2) is 54.6 Å². The number of anilines is 1. The molecule has 1 aromatic heterocycles. The van der Waals surface area contributed by atoms with Crippen LogP contribution in [0.3, 0.4) is 0 Å². The number of H-pyrrole nitrogens is 1. The van der Waals surface area contributed by atoms with E-state index >= 15 is 0 Å². The maximum atomic E-state index is 12.0. The average Bonchev–Trinajstić information content (AvgIpc) is 3.01. The van der Waals surface area contributed by atoms with Crippen LogP contribution in [0.1, 0.15) is 5.56 Å². The third-order valence-corrected chi connectivity index (χ3v) is 3.24. The van der Waals surface area contributed by atoms with Crippen molar-refractivity contribution in [3.8, 4) is 11.8 Å². The van der Waals surface area contributed by atoms with Gasteiger partial charge in [0.05, 0.1) is 11.0 Å². The van der Waals surface area contributed by atoms with Gasteiger partial charge >= 0.3 is 0 Å². The number of carbonyl (C=O) groups is 1. The Morgan fingerprint density at radius 3 is 2.79 bits per heavy atom. The Hall–Kier alpha value is -3.59. The van der Waals surface area contributed by atoms with Crippen LogP contribution in [0.2, 0.25) is 0 Å². The number of amides is 1. The third kappa shape index (κ3) is 3.78. The molecular formula is C18H14N4O2. The number of nitriles is 1. The number of hydrogen-bond donors (Lipinski definition) is 2. The highest BCUT2D eigenvalue weighted by Crippen LogP contribution is 2.14. The fourth-order valence-corrected chi connectivity index (χ4v) is 2.13. The summed E-state index contributed by atoms with van der Waals surface area (Å²) in [7, 11) is 0. The minimum atomic E-state index is -0.279. The third-order valence-electron chi connectivity index (χ3n) is 3.24. The topological polar surface area (TPSA) is 90.8 Å². The van der Waals surface area contributed by atoms with Crippen molar-refractivity contribution < 1.29 is 9.53 Å². The second kappa shape index (κ2) is 7.11. The quantitative estimate of drug-likeness (QED) is 0.707. The predicted octanol–water partition coefficient (Wildman–Crippen LogP) is 3.12. The fraction of sp³-hybridized carbons (Fsp3) is 0.0556. The van der Waals surface area contributed by atoms with E-state index in [1.807, 2.05) is 30.3 Å². The number of ether oxygens (including phenoxy) is 1. The molecule has 0 saturated carbocycles. The minimum absolute atomic E-state index is 0.00902.